The molecular formula is C22H23BN2O. The Morgan fingerprint density at radius 1 is 1.00 bits per heavy atom. The smallest absolute Gasteiger partial charge is 0.114 e. The third kappa shape index (κ3) is 3.53. The standard InChI is InChI=1S/C22H23BN2O/c23-20-14-18(25-21-9-5-4-8-19(20)21)15-26-16-22(10-12-24-13-11-22)17-6-2-1-3-7-17/h1-9,14,24H,10-13,15-16H2. The highest BCUT2D eigenvalue weighted by atomic mass is 16.5. The molecule has 2 heterocycles. The van der Waals surface area contributed by atoms with Crippen LogP contribution in [0.2, 0.25) is 0 Å². The van der Waals surface area contributed by atoms with Gasteiger partial charge in [-0.25, -0.2) is 0 Å². The molecule has 0 spiro atoms. The van der Waals surface area contributed by atoms with Gasteiger partial charge in [0.15, 0.2) is 0 Å². The summed E-state index contributed by atoms with van der Waals surface area (Å²) in [6.07, 6.45) is 2.18. The number of fused-ring (bicyclic) bond motifs is 1. The van der Waals surface area contributed by atoms with Crippen molar-refractivity contribution < 1.29 is 4.74 Å². The van der Waals surface area contributed by atoms with Crippen LogP contribution in [0, 0.1) is 0 Å². The maximum Gasteiger partial charge on any atom is 0.114 e. The molecular weight excluding hydrogens is 319 g/mol. The van der Waals surface area contributed by atoms with Crippen LogP contribution >= 0.6 is 0 Å². The molecule has 0 aliphatic carbocycles. The second kappa shape index (κ2) is 7.61. The van der Waals surface area contributed by atoms with Crippen LogP contribution in [-0.4, -0.2) is 32.5 Å². The normalized spacial score (nSPS) is 16.6. The zero-order valence-corrected chi connectivity index (χ0v) is 14.9. The number of nitrogens with zero attached hydrogens (tertiary/aromatic N) is 1. The number of aromatic nitrogens is 1. The third-order valence-corrected chi connectivity index (χ3v) is 5.38. The lowest BCUT2D eigenvalue weighted by molar-refractivity contribution is 0.0550. The summed E-state index contributed by atoms with van der Waals surface area (Å²) in [6.45, 7) is 3.24. The van der Waals surface area contributed by atoms with Crippen molar-refractivity contribution in [2.45, 2.75) is 24.9 Å². The largest absolute Gasteiger partial charge is 0.374 e. The van der Waals surface area contributed by atoms with Gasteiger partial charge in [0.05, 0.1) is 24.4 Å². The second-order valence-electron chi connectivity index (χ2n) is 7.11. The van der Waals surface area contributed by atoms with Crippen molar-refractivity contribution in [3.63, 3.8) is 0 Å². The molecule has 1 fully saturated rings. The van der Waals surface area contributed by atoms with Gasteiger partial charge in [-0.15, -0.1) is 0 Å². The summed E-state index contributed by atoms with van der Waals surface area (Å²) in [7, 11) is 6.18. The number of nitrogens with one attached hydrogen (secondary N) is 1. The first-order chi connectivity index (χ1) is 12.8. The number of hydrogen-bond acceptors (Lipinski definition) is 3. The van der Waals surface area contributed by atoms with Gasteiger partial charge in [0.2, 0.25) is 0 Å². The van der Waals surface area contributed by atoms with Gasteiger partial charge in [0.1, 0.15) is 7.85 Å². The summed E-state index contributed by atoms with van der Waals surface area (Å²) in [5, 5.41) is 4.46. The number of pyridine rings is 1. The maximum absolute atomic E-state index is 6.18. The number of benzene rings is 2. The van der Waals surface area contributed by atoms with Gasteiger partial charge >= 0.3 is 0 Å². The molecule has 0 saturated carbocycles. The molecule has 2 aromatic carbocycles. The van der Waals surface area contributed by atoms with Crippen molar-refractivity contribution in [3.05, 3.63) is 71.9 Å². The van der Waals surface area contributed by atoms with Gasteiger partial charge in [-0.1, -0.05) is 54.0 Å². The molecule has 0 atom stereocenters. The second-order valence-corrected chi connectivity index (χ2v) is 7.11. The maximum atomic E-state index is 6.18. The van der Waals surface area contributed by atoms with Crippen LogP contribution in [0.15, 0.2) is 60.7 Å². The monoisotopic (exact) mass is 342 g/mol. The van der Waals surface area contributed by atoms with E-state index in [2.05, 4.69) is 35.6 Å². The molecule has 2 radical (unpaired) electrons. The summed E-state index contributed by atoms with van der Waals surface area (Å²) in [6, 6.07) is 20.6. The number of ether oxygens (including phenoxy) is 1. The summed E-state index contributed by atoms with van der Waals surface area (Å²) < 4.78 is 6.18. The first-order valence-corrected chi connectivity index (χ1v) is 9.25. The Labute approximate surface area is 156 Å². The fourth-order valence-electron chi connectivity index (χ4n) is 3.90. The van der Waals surface area contributed by atoms with Crippen molar-refractivity contribution in [2.24, 2.45) is 0 Å². The lowest BCUT2D eigenvalue weighted by Crippen LogP contribution is -2.43. The van der Waals surface area contributed by atoms with Gasteiger partial charge in [0.25, 0.3) is 0 Å². The van der Waals surface area contributed by atoms with Crippen LogP contribution in [0.3, 0.4) is 0 Å². The molecule has 1 N–H and O–H groups in total. The van der Waals surface area contributed by atoms with E-state index < -0.39 is 0 Å². The third-order valence-electron chi connectivity index (χ3n) is 5.38. The van der Waals surface area contributed by atoms with Crippen LogP contribution < -0.4 is 10.8 Å². The zero-order valence-electron chi connectivity index (χ0n) is 14.9. The highest BCUT2D eigenvalue weighted by Gasteiger charge is 2.34. The van der Waals surface area contributed by atoms with Crippen LogP contribution in [0.25, 0.3) is 10.9 Å². The van der Waals surface area contributed by atoms with Gasteiger partial charge in [-0.3, -0.25) is 4.98 Å². The minimum Gasteiger partial charge on any atom is -0.374 e. The summed E-state index contributed by atoms with van der Waals surface area (Å²) in [5.74, 6) is 0. The van der Waals surface area contributed by atoms with Gasteiger partial charge < -0.3 is 10.1 Å². The number of para-hydroxylation sites is 1. The first kappa shape index (κ1) is 17.3. The quantitative estimate of drug-likeness (QED) is 0.724. The predicted molar refractivity (Wildman–Crippen MR) is 107 cm³/mol. The van der Waals surface area contributed by atoms with Crippen LogP contribution in [-0.2, 0) is 16.8 Å². The molecule has 4 rings (SSSR count). The molecule has 1 aromatic heterocycles. The molecule has 1 saturated heterocycles. The molecule has 3 aromatic rings. The molecule has 26 heavy (non-hydrogen) atoms. The number of piperidine rings is 1. The van der Waals surface area contributed by atoms with E-state index in [-0.39, 0.29) is 5.41 Å². The van der Waals surface area contributed by atoms with Crippen molar-refractivity contribution >= 4 is 24.2 Å². The fourth-order valence-corrected chi connectivity index (χ4v) is 3.90. The summed E-state index contributed by atoms with van der Waals surface area (Å²) in [4.78, 5) is 4.70. The number of rotatable bonds is 5. The van der Waals surface area contributed by atoms with Crippen LogP contribution in [0.1, 0.15) is 24.1 Å². The molecule has 1 aliphatic rings. The summed E-state index contributed by atoms with van der Waals surface area (Å²) in [5.41, 5.74) is 4.01. The zero-order chi connectivity index (χ0) is 17.8. The minimum absolute atomic E-state index is 0.0783. The highest BCUT2D eigenvalue weighted by Crippen LogP contribution is 2.34. The molecule has 4 heteroatoms. The van der Waals surface area contributed by atoms with Crippen molar-refractivity contribution in [1.29, 1.82) is 0 Å². The lowest BCUT2D eigenvalue weighted by Gasteiger charge is -2.38. The molecule has 0 bridgehead atoms. The van der Waals surface area contributed by atoms with Crippen LogP contribution in [0.4, 0.5) is 0 Å². The Hall–Kier alpha value is -2.17. The molecule has 0 unspecified atom stereocenters. The average Bonchev–Trinajstić information content (AvgIpc) is 2.69. The van der Waals surface area contributed by atoms with E-state index in [1.165, 1.54) is 5.56 Å². The van der Waals surface area contributed by atoms with Gasteiger partial charge in [0, 0.05) is 5.41 Å². The summed E-state index contributed by atoms with van der Waals surface area (Å²) >= 11 is 0. The minimum atomic E-state index is 0.0783. The van der Waals surface area contributed by atoms with E-state index in [4.69, 9.17) is 17.6 Å². The van der Waals surface area contributed by atoms with E-state index in [0.717, 1.165) is 48.0 Å². The fraction of sp³-hybridized carbons (Fsp3) is 0.318. The van der Waals surface area contributed by atoms with E-state index in [1.54, 1.807) is 0 Å². The molecule has 130 valence electrons. The van der Waals surface area contributed by atoms with E-state index in [1.807, 2.05) is 30.3 Å². The van der Waals surface area contributed by atoms with Crippen molar-refractivity contribution in [3.8, 4) is 0 Å². The first-order valence-electron chi connectivity index (χ1n) is 9.25. The Morgan fingerprint density at radius 2 is 1.73 bits per heavy atom. The molecule has 1 aliphatic heterocycles. The van der Waals surface area contributed by atoms with Crippen molar-refractivity contribution in [2.75, 3.05) is 19.7 Å². The molecule has 0 amide bonds. The predicted octanol–water partition coefficient (Wildman–Crippen LogP) is 2.87. The van der Waals surface area contributed by atoms with Crippen molar-refractivity contribution in [1.82, 2.24) is 10.3 Å². The Balaban J connectivity index is 1.50. The topological polar surface area (TPSA) is 34.1 Å². The highest BCUT2D eigenvalue weighted by molar-refractivity contribution is 6.38. The van der Waals surface area contributed by atoms with E-state index in [0.29, 0.717) is 13.2 Å². The number of hydrogen-bond donors (Lipinski definition) is 1. The van der Waals surface area contributed by atoms with Gasteiger partial charge in [-0.05, 0) is 49.0 Å². The Bertz CT molecular complexity index is 876. The molecule has 3 nitrogen and oxygen atoms in total. The van der Waals surface area contributed by atoms with E-state index in [9.17, 15) is 0 Å². The SMILES string of the molecule is [B]c1cc(COCC2(c3ccccc3)CCNCC2)nc2ccccc12. The Morgan fingerprint density at radius 3 is 2.54 bits per heavy atom. The van der Waals surface area contributed by atoms with Gasteiger partial charge in [-0.2, -0.15) is 0 Å². The van der Waals surface area contributed by atoms with Crippen LogP contribution in [0.5, 0.6) is 0 Å². The lowest BCUT2D eigenvalue weighted by atomic mass is 9.74. The average molecular weight is 342 g/mol. The Kier molecular flexibility index (Phi) is 5.05. The van der Waals surface area contributed by atoms with E-state index >= 15 is 0 Å².